The second-order valence-electron chi connectivity index (χ2n) is 7.66. The van der Waals surface area contributed by atoms with Crippen LogP contribution in [0.5, 0.6) is 11.5 Å². The van der Waals surface area contributed by atoms with Crippen molar-refractivity contribution >= 4 is 27.5 Å². The molecule has 11 heteroatoms. The van der Waals surface area contributed by atoms with E-state index in [0.29, 0.717) is 23.6 Å². The van der Waals surface area contributed by atoms with Crippen molar-refractivity contribution in [1.29, 1.82) is 0 Å². The molecule has 1 heterocycles. The first-order valence-corrected chi connectivity index (χ1v) is 12.5. The number of hydrogen-bond acceptors (Lipinski definition) is 6. The number of ether oxygens (including phenoxy) is 2. The Labute approximate surface area is 198 Å². The number of rotatable bonds is 10. The quantitative estimate of drug-likeness (QED) is 0.544. The van der Waals surface area contributed by atoms with Crippen LogP contribution in [0.1, 0.15) is 26.3 Å². The summed E-state index contributed by atoms with van der Waals surface area (Å²) in [5.74, 6) is -0.782. The Hall–Kier alpha value is -3.34. The van der Waals surface area contributed by atoms with Gasteiger partial charge in [-0.3, -0.25) is 13.9 Å². The number of benzene rings is 2. The molecule has 1 unspecified atom stereocenters. The summed E-state index contributed by atoms with van der Waals surface area (Å²) in [6, 6.07) is 9.27. The summed E-state index contributed by atoms with van der Waals surface area (Å²) in [6.07, 6.45) is 0. The van der Waals surface area contributed by atoms with Gasteiger partial charge in [0, 0.05) is 19.2 Å². The van der Waals surface area contributed by atoms with E-state index in [9.17, 15) is 22.4 Å². The number of anilines is 1. The lowest BCUT2D eigenvalue weighted by Gasteiger charge is -2.31. The summed E-state index contributed by atoms with van der Waals surface area (Å²) < 4.78 is 50.8. The molecule has 1 N–H and O–H groups in total. The highest BCUT2D eigenvalue weighted by Gasteiger charge is 2.31. The summed E-state index contributed by atoms with van der Waals surface area (Å²) >= 11 is 0. The second-order valence-corrected chi connectivity index (χ2v) is 9.85. The van der Waals surface area contributed by atoms with E-state index in [-0.39, 0.29) is 30.7 Å². The van der Waals surface area contributed by atoms with Crippen LogP contribution in [0.25, 0.3) is 0 Å². The van der Waals surface area contributed by atoms with Gasteiger partial charge < -0.3 is 19.7 Å². The van der Waals surface area contributed by atoms with Crippen molar-refractivity contribution in [3.63, 3.8) is 0 Å². The van der Waals surface area contributed by atoms with Crippen LogP contribution in [-0.2, 0) is 26.2 Å². The van der Waals surface area contributed by atoms with Gasteiger partial charge >= 0.3 is 0 Å². The molecule has 0 radical (unpaired) electrons. The predicted molar refractivity (Wildman–Crippen MR) is 124 cm³/mol. The van der Waals surface area contributed by atoms with Crippen LogP contribution in [0.15, 0.2) is 42.5 Å². The summed E-state index contributed by atoms with van der Waals surface area (Å²) in [5, 5.41) is 2.68. The lowest BCUT2D eigenvalue weighted by molar-refractivity contribution is -0.139. The number of fused-ring (bicyclic) bond motifs is 1. The zero-order chi connectivity index (χ0) is 24.9. The maximum atomic E-state index is 13.5. The zero-order valence-corrected chi connectivity index (χ0v) is 20.1. The molecule has 0 fully saturated rings. The molecule has 0 saturated heterocycles. The van der Waals surface area contributed by atoms with Gasteiger partial charge in [0.05, 0.1) is 11.4 Å². The molecule has 1 atom stereocenters. The maximum Gasteiger partial charge on any atom is 0.244 e. The highest BCUT2D eigenvalue weighted by atomic mass is 32.2. The largest absolute Gasteiger partial charge is 0.454 e. The summed E-state index contributed by atoms with van der Waals surface area (Å²) in [4.78, 5) is 27.3. The molecule has 3 rings (SSSR count). The first-order chi connectivity index (χ1) is 16.2. The molecule has 184 valence electrons. The molecule has 2 amide bonds. The van der Waals surface area contributed by atoms with Gasteiger partial charge in [0.15, 0.2) is 11.5 Å². The molecule has 0 spiro atoms. The lowest BCUT2D eigenvalue weighted by atomic mass is 10.1. The number of nitrogens with one attached hydrogen (secondary N) is 1. The third kappa shape index (κ3) is 5.77. The normalized spacial score (nSPS) is 13.3. The lowest BCUT2D eigenvalue weighted by Crippen LogP contribution is -2.51. The smallest absolute Gasteiger partial charge is 0.244 e. The van der Waals surface area contributed by atoms with E-state index in [4.69, 9.17) is 9.47 Å². The van der Waals surface area contributed by atoms with Crippen molar-refractivity contribution < 1.29 is 31.9 Å². The van der Waals surface area contributed by atoms with Crippen molar-refractivity contribution in [2.45, 2.75) is 33.4 Å². The topological polar surface area (TPSA) is 105 Å². The van der Waals surface area contributed by atoms with E-state index >= 15 is 0 Å². The van der Waals surface area contributed by atoms with Crippen LogP contribution in [-0.4, -0.2) is 56.8 Å². The maximum absolute atomic E-state index is 13.5. The van der Waals surface area contributed by atoms with Gasteiger partial charge in [-0.05, 0) is 50.6 Å². The Kier molecular flexibility index (Phi) is 7.98. The van der Waals surface area contributed by atoms with Crippen LogP contribution in [0, 0.1) is 5.82 Å². The molecule has 0 bridgehead atoms. The standard InChI is InChI=1S/C23H28FN3O6S/c1-4-25-23(29)16(3)26(13-17-6-8-18(24)9-7-17)22(28)14-27(34(30,31)5-2)19-10-11-20-21(12-19)33-15-32-20/h6-12,16H,4-5,13-15H2,1-3H3,(H,25,29). The summed E-state index contributed by atoms with van der Waals surface area (Å²) in [7, 11) is -3.85. The molecular weight excluding hydrogens is 465 g/mol. The van der Waals surface area contributed by atoms with Crippen LogP contribution < -0.4 is 19.1 Å². The SMILES string of the molecule is CCNC(=O)C(C)N(Cc1ccc(F)cc1)C(=O)CN(c1ccc2c(c1)OCO2)S(=O)(=O)CC. The zero-order valence-electron chi connectivity index (χ0n) is 19.3. The van der Waals surface area contributed by atoms with Gasteiger partial charge in [-0.25, -0.2) is 12.8 Å². The van der Waals surface area contributed by atoms with E-state index in [2.05, 4.69) is 5.32 Å². The number of carbonyl (C=O) groups is 2. The average molecular weight is 494 g/mol. The monoisotopic (exact) mass is 493 g/mol. The van der Waals surface area contributed by atoms with E-state index in [1.165, 1.54) is 48.2 Å². The minimum absolute atomic E-state index is 0.00142. The molecule has 0 aliphatic carbocycles. The summed E-state index contributed by atoms with van der Waals surface area (Å²) in [6.45, 7) is 4.66. The van der Waals surface area contributed by atoms with Gasteiger partial charge in [-0.15, -0.1) is 0 Å². The first-order valence-electron chi connectivity index (χ1n) is 10.9. The Morgan fingerprint density at radius 2 is 1.76 bits per heavy atom. The Bertz CT molecular complexity index is 1140. The number of likely N-dealkylation sites (N-methyl/N-ethyl adjacent to an activating group) is 1. The number of hydrogen-bond donors (Lipinski definition) is 1. The fourth-order valence-corrected chi connectivity index (χ4v) is 4.50. The van der Waals surface area contributed by atoms with Gasteiger partial charge in [-0.2, -0.15) is 0 Å². The highest BCUT2D eigenvalue weighted by molar-refractivity contribution is 7.92. The van der Waals surface area contributed by atoms with Crippen molar-refractivity contribution in [2.75, 3.05) is 29.9 Å². The third-order valence-corrected chi connectivity index (χ3v) is 7.15. The fourth-order valence-electron chi connectivity index (χ4n) is 3.45. The van der Waals surface area contributed by atoms with Crippen LogP contribution in [0.3, 0.4) is 0 Å². The molecule has 0 aromatic heterocycles. The number of amides is 2. The minimum Gasteiger partial charge on any atom is -0.454 e. The molecule has 2 aromatic carbocycles. The minimum atomic E-state index is -3.85. The second kappa shape index (κ2) is 10.7. The number of nitrogens with zero attached hydrogens (tertiary/aromatic N) is 2. The first kappa shape index (κ1) is 25.3. The summed E-state index contributed by atoms with van der Waals surface area (Å²) in [5.41, 5.74) is 0.839. The van der Waals surface area contributed by atoms with Crippen molar-refractivity contribution in [3.8, 4) is 11.5 Å². The van der Waals surface area contributed by atoms with E-state index < -0.39 is 34.3 Å². The molecule has 1 aliphatic heterocycles. The highest BCUT2D eigenvalue weighted by Crippen LogP contribution is 2.36. The van der Waals surface area contributed by atoms with Gasteiger partial charge in [0.25, 0.3) is 0 Å². The number of carbonyl (C=O) groups excluding carboxylic acids is 2. The molecular formula is C23H28FN3O6S. The van der Waals surface area contributed by atoms with Gasteiger partial charge in [-0.1, -0.05) is 12.1 Å². The van der Waals surface area contributed by atoms with E-state index in [1.54, 1.807) is 19.9 Å². The van der Waals surface area contributed by atoms with Crippen molar-refractivity contribution in [3.05, 3.63) is 53.8 Å². The van der Waals surface area contributed by atoms with Crippen LogP contribution >= 0.6 is 0 Å². The molecule has 9 nitrogen and oxygen atoms in total. The van der Waals surface area contributed by atoms with Crippen LogP contribution in [0.2, 0.25) is 0 Å². The molecule has 1 aliphatic rings. The van der Waals surface area contributed by atoms with E-state index in [0.717, 1.165) is 4.31 Å². The fraction of sp³-hybridized carbons (Fsp3) is 0.391. The Morgan fingerprint density at radius 3 is 2.41 bits per heavy atom. The van der Waals surface area contributed by atoms with Crippen LogP contribution in [0.4, 0.5) is 10.1 Å². The molecule has 34 heavy (non-hydrogen) atoms. The molecule has 2 aromatic rings. The van der Waals surface area contributed by atoms with Gasteiger partial charge in [0.2, 0.25) is 28.6 Å². The Balaban J connectivity index is 1.93. The number of halogens is 1. The Morgan fingerprint density at radius 1 is 1.09 bits per heavy atom. The van der Waals surface area contributed by atoms with Gasteiger partial charge in [0.1, 0.15) is 18.4 Å². The van der Waals surface area contributed by atoms with Crippen molar-refractivity contribution in [1.82, 2.24) is 10.2 Å². The third-order valence-electron chi connectivity index (χ3n) is 5.41. The van der Waals surface area contributed by atoms with Crippen molar-refractivity contribution in [2.24, 2.45) is 0 Å². The van der Waals surface area contributed by atoms with E-state index in [1.807, 2.05) is 0 Å². The molecule has 0 saturated carbocycles. The predicted octanol–water partition coefficient (Wildman–Crippen LogP) is 2.26. The average Bonchev–Trinajstić information content (AvgIpc) is 3.29. The number of sulfonamides is 1.